The number of carbonyl (C=O) groups excluding carboxylic acids is 1. The van der Waals surface area contributed by atoms with Gasteiger partial charge in [-0.15, -0.1) is 0 Å². The van der Waals surface area contributed by atoms with Crippen LogP contribution in [0.1, 0.15) is 16.8 Å². The zero-order valence-electron chi connectivity index (χ0n) is 7.09. The average Bonchev–Trinajstić information content (AvgIpc) is 2.29. The van der Waals surface area contributed by atoms with Gasteiger partial charge < -0.3 is 5.32 Å². The Labute approximate surface area is 85.5 Å². The highest BCUT2D eigenvalue weighted by Crippen LogP contribution is 2.24. The molecule has 68 valence electrons. The van der Waals surface area contributed by atoms with E-state index in [1.807, 2.05) is 24.3 Å². The number of hydrogen-bond donors (Lipinski definition) is 1. The first kappa shape index (κ1) is 8.75. The molecule has 1 aromatic rings. The standard InChI is InChI=1S/C10H10BrNO/c11-8-5-6-12-9-4-2-1-3-7(9)10(8)13/h1-4,8,12H,5-6H2. The van der Waals surface area contributed by atoms with Crippen LogP contribution >= 0.6 is 15.9 Å². The molecule has 1 aromatic carbocycles. The van der Waals surface area contributed by atoms with E-state index in [0.717, 1.165) is 24.2 Å². The van der Waals surface area contributed by atoms with Crippen LogP contribution in [0, 0.1) is 0 Å². The zero-order chi connectivity index (χ0) is 9.26. The number of ketones is 1. The lowest BCUT2D eigenvalue weighted by Gasteiger charge is -2.04. The third-order valence-corrected chi connectivity index (χ3v) is 3.06. The average molecular weight is 240 g/mol. The maximum Gasteiger partial charge on any atom is 0.178 e. The summed E-state index contributed by atoms with van der Waals surface area (Å²) < 4.78 is 0. The second-order valence-electron chi connectivity index (χ2n) is 3.09. The van der Waals surface area contributed by atoms with Crippen molar-refractivity contribution in [2.45, 2.75) is 11.2 Å². The van der Waals surface area contributed by atoms with Crippen molar-refractivity contribution in [3.63, 3.8) is 0 Å². The van der Waals surface area contributed by atoms with Crippen LogP contribution in [-0.4, -0.2) is 17.2 Å². The van der Waals surface area contributed by atoms with Crippen LogP contribution in [0.15, 0.2) is 24.3 Å². The third-order valence-electron chi connectivity index (χ3n) is 2.19. The minimum Gasteiger partial charge on any atom is -0.384 e. The van der Waals surface area contributed by atoms with E-state index >= 15 is 0 Å². The Kier molecular flexibility index (Phi) is 2.36. The fraction of sp³-hybridized carbons (Fsp3) is 0.300. The molecule has 0 aromatic heterocycles. The molecule has 1 N–H and O–H groups in total. The molecule has 0 spiro atoms. The Morgan fingerprint density at radius 1 is 1.38 bits per heavy atom. The van der Waals surface area contributed by atoms with Crippen LogP contribution < -0.4 is 5.32 Å². The lowest BCUT2D eigenvalue weighted by atomic mass is 10.1. The summed E-state index contributed by atoms with van der Waals surface area (Å²) in [6, 6.07) is 7.64. The highest BCUT2D eigenvalue weighted by atomic mass is 79.9. The Balaban J connectivity index is 2.46. The summed E-state index contributed by atoms with van der Waals surface area (Å²) in [6.07, 6.45) is 0.841. The molecule has 2 nitrogen and oxygen atoms in total. The highest BCUT2D eigenvalue weighted by molar-refractivity contribution is 9.10. The minimum absolute atomic E-state index is 0.0383. The first-order chi connectivity index (χ1) is 6.29. The van der Waals surface area contributed by atoms with Crippen molar-refractivity contribution in [3.05, 3.63) is 29.8 Å². The number of fused-ring (bicyclic) bond motifs is 1. The SMILES string of the molecule is O=C1c2ccccc2NCCC1Br. The molecular formula is C10H10BrNO. The van der Waals surface area contributed by atoms with Crippen molar-refractivity contribution < 1.29 is 4.79 Å². The Bertz CT molecular complexity index is 337. The smallest absolute Gasteiger partial charge is 0.178 e. The number of carbonyl (C=O) groups is 1. The molecule has 0 saturated carbocycles. The van der Waals surface area contributed by atoms with Crippen LogP contribution in [-0.2, 0) is 0 Å². The van der Waals surface area contributed by atoms with Gasteiger partial charge in [0.1, 0.15) is 0 Å². The first-order valence-electron chi connectivity index (χ1n) is 4.30. The predicted molar refractivity (Wildman–Crippen MR) is 56.6 cm³/mol. The summed E-state index contributed by atoms with van der Waals surface area (Å²) in [5.74, 6) is 0.181. The van der Waals surface area contributed by atoms with Gasteiger partial charge in [-0.2, -0.15) is 0 Å². The van der Waals surface area contributed by atoms with Gasteiger partial charge in [-0.1, -0.05) is 28.1 Å². The molecule has 1 aliphatic rings. The van der Waals surface area contributed by atoms with Crippen molar-refractivity contribution in [2.24, 2.45) is 0 Å². The van der Waals surface area contributed by atoms with Crippen molar-refractivity contribution in [3.8, 4) is 0 Å². The number of alkyl halides is 1. The van der Waals surface area contributed by atoms with E-state index in [4.69, 9.17) is 0 Å². The summed E-state index contributed by atoms with van der Waals surface area (Å²) in [7, 11) is 0. The summed E-state index contributed by atoms with van der Waals surface area (Å²) in [4.78, 5) is 11.7. The van der Waals surface area contributed by atoms with Crippen molar-refractivity contribution >= 4 is 27.4 Å². The molecule has 13 heavy (non-hydrogen) atoms. The predicted octanol–water partition coefficient (Wildman–Crippen LogP) is 2.45. The lowest BCUT2D eigenvalue weighted by molar-refractivity contribution is 0.0992. The largest absolute Gasteiger partial charge is 0.384 e. The molecule has 0 bridgehead atoms. The van der Waals surface area contributed by atoms with E-state index in [1.165, 1.54) is 0 Å². The van der Waals surface area contributed by atoms with E-state index in [-0.39, 0.29) is 10.6 Å². The molecule has 0 saturated heterocycles. The Morgan fingerprint density at radius 2 is 2.15 bits per heavy atom. The number of para-hydroxylation sites is 1. The van der Waals surface area contributed by atoms with Gasteiger partial charge >= 0.3 is 0 Å². The second-order valence-corrected chi connectivity index (χ2v) is 4.20. The minimum atomic E-state index is -0.0383. The van der Waals surface area contributed by atoms with E-state index in [2.05, 4.69) is 21.2 Å². The maximum atomic E-state index is 11.7. The Morgan fingerprint density at radius 3 is 3.00 bits per heavy atom. The number of rotatable bonds is 0. The van der Waals surface area contributed by atoms with E-state index in [9.17, 15) is 4.79 Å². The third kappa shape index (κ3) is 1.61. The lowest BCUT2D eigenvalue weighted by Crippen LogP contribution is -2.12. The van der Waals surface area contributed by atoms with Crippen LogP contribution in [0.3, 0.4) is 0 Å². The molecule has 0 fully saturated rings. The number of Topliss-reactive ketones (excluding diaryl/α,β-unsaturated/α-hetero) is 1. The molecule has 1 aliphatic heterocycles. The van der Waals surface area contributed by atoms with Crippen molar-refractivity contribution in [1.82, 2.24) is 0 Å². The van der Waals surface area contributed by atoms with Gasteiger partial charge in [-0.05, 0) is 18.6 Å². The Hall–Kier alpha value is -0.830. The van der Waals surface area contributed by atoms with Gasteiger partial charge in [0.25, 0.3) is 0 Å². The van der Waals surface area contributed by atoms with Crippen molar-refractivity contribution in [2.75, 3.05) is 11.9 Å². The number of benzene rings is 1. The van der Waals surface area contributed by atoms with Crippen LogP contribution in [0.5, 0.6) is 0 Å². The van der Waals surface area contributed by atoms with Crippen LogP contribution in [0.4, 0.5) is 5.69 Å². The van der Waals surface area contributed by atoms with Gasteiger partial charge in [-0.3, -0.25) is 4.79 Å². The van der Waals surface area contributed by atoms with E-state index < -0.39 is 0 Å². The fourth-order valence-corrected chi connectivity index (χ4v) is 1.96. The topological polar surface area (TPSA) is 29.1 Å². The fourth-order valence-electron chi connectivity index (χ4n) is 1.49. The summed E-state index contributed by atoms with van der Waals surface area (Å²) in [6.45, 7) is 0.846. The molecule has 3 heteroatoms. The van der Waals surface area contributed by atoms with Gasteiger partial charge in [0.15, 0.2) is 5.78 Å². The summed E-state index contributed by atoms with van der Waals surface area (Å²) >= 11 is 3.38. The monoisotopic (exact) mass is 239 g/mol. The van der Waals surface area contributed by atoms with E-state index in [1.54, 1.807) is 0 Å². The number of hydrogen-bond acceptors (Lipinski definition) is 2. The first-order valence-corrected chi connectivity index (χ1v) is 5.22. The molecule has 1 unspecified atom stereocenters. The van der Waals surface area contributed by atoms with Gasteiger partial charge in [-0.25, -0.2) is 0 Å². The van der Waals surface area contributed by atoms with Crippen LogP contribution in [0.25, 0.3) is 0 Å². The molecule has 2 rings (SSSR count). The highest BCUT2D eigenvalue weighted by Gasteiger charge is 2.22. The van der Waals surface area contributed by atoms with Crippen molar-refractivity contribution in [1.29, 1.82) is 0 Å². The molecule has 0 amide bonds. The molecule has 1 heterocycles. The van der Waals surface area contributed by atoms with Gasteiger partial charge in [0, 0.05) is 17.8 Å². The summed E-state index contributed by atoms with van der Waals surface area (Å²) in [5, 5.41) is 3.24. The normalized spacial score (nSPS) is 21.6. The molecule has 0 aliphatic carbocycles. The maximum absolute atomic E-state index is 11.7. The zero-order valence-corrected chi connectivity index (χ0v) is 8.67. The molecule has 0 radical (unpaired) electrons. The number of halogens is 1. The molecular weight excluding hydrogens is 230 g/mol. The summed E-state index contributed by atoms with van der Waals surface area (Å²) in [5.41, 5.74) is 1.75. The van der Waals surface area contributed by atoms with Gasteiger partial charge in [0.05, 0.1) is 4.83 Å². The van der Waals surface area contributed by atoms with Gasteiger partial charge in [0.2, 0.25) is 0 Å². The van der Waals surface area contributed by atoms with E-state index in [0.29, 0.717) is 0 Å². The number of nitrogens with one attached hydrogen (secondary N) is 1. The van der Waals surface area contributed by atoms with Crippen LogP contribution in [0.2, 0.25) is 0 Å². The quantitative estimate of drug-likeness (QED) is 0.705. The molecule has 1 atom stereocenters. The number of anilines is 1. The second kappa shape index (κ2) is 3.50.